The lowest BCUT2D eigenvalue weighted by atomic mass is 10.1. The van der Waals surface area contributed by atoms with Gasteiger partial charge in [-0.15, -0.1) is 0 Å². The Morgan fingerprint density at radius 2 is 1.83 bits per heavy atom. The quantitative estimate of drug-likeness (QED) is 0.347. The molecule has 6 nitrogen and oxygen atoms in total. The molecule has 1 aromatic heterocycles. The largest absolute Gasteiger partial charge is 0.497 e. The molecule has 29 heavy (non-hydrogen) atoms. The number of esters is 1. The van der Waals surface area contributed by atoms with Crippen LogP contribution >= 0.6 is 0 Å². The summed E-state index contributed by atoms with van der Waals surface area (Å²) in [7, 11) is 1.53. The number of aromatic nitrogens is 2. The van der Waals surface area contributed by atoms with Gasteiger partial charge in [0.2, 0.25) is 0 Å². The van der Waals surface area contributed by atoms with Crippen molar-refractivity contribution < 1.29 is 19.1 Å². The van der Waals surface area contributed by atoms with E-state index in [1.54, 1.807) is 30.3 Å². The minimum atomic E-state index is -0.590. The van der Waals surface area contributed by atoms with Crippen LogP contribution in [0.25, 0.3) is 11.8 Å². The SMILES string of the molecule is COc1cccc(C(=O)COC(=O)/C=C/c2c(C)nn(-c3ccccc3)c2C)c1. The number of carbonyl (C=O) groups excluding carboxylic acids is 2. The van der Waals surface area contributed by atoms with Crippen molar-refractivity contribution in [3.8, 4) is 11.4 Å². The second kappa shape index (κ2) is 9.01. The average molecular weight is 390 g/mol. The fraction of sp³-hybridized carbons (Fsp3) is 0.174. The summed E-state index contributed by atoms with van der Waals surface area (Å²) < 4.78 is 12.0. The minimum absolute atomic E-state index is 0.296. The van der Waals surface area contributed by atoms with Crippen molar-refractivity contribution >= 4 is 17.8 Å². The van der Waals surface area contributed by atoms with E-state index < -0.39 is 5.97 Å². The number of hydrogen-bond acceptors (Lipinski definition) is 5. The molecule has 3 rings (SSSR count). The normalized spacial score (nSPS) is 10.9. The van der Waals surface area contributed by atoms with Gasteiger partial charge in [0.1, 0.15) is 5.75 Å². The molecule has 2 aromatic carbocycles. The maximum Gasteiger partial charge on any atom is 0.331 e. The van der Waals surface area contributed by atoms with Gasteiger partial charge < -0.3 is 9.47 Å². The molecule has 0 aliphatic heterocycles. The van der Waals surface area contributed by atoms with Crippen molar-refractivity contribution in [3.05, 3.63) is 83.2 Å². The molecule has 0 aliphatic rings. The molecule has 0 radical (unpaired) electrons. The molecular weight excluding hydrogens is 368 g/mol. The summed E-state index contributed by atoms with van der Waals surface area (Å²) >= 11 is 0. The number of aryl methyl sites for hydroxylation is 1. The molecule has 0 fully saturated rings. The Balaban J connectivity index is 1.65. The highest BCUT2D eigenvalue weighted by Gasteiger charge is 2.12. The average Bonchev–Trinajstić information content (AvgIpc) is 3.04. The summed E-state index contributed by atoms with van der Waals surface area (Å²) in [6.07, 6.45) is 2.97. The number of nitrogens with zero attached hydrogens (tertiary/aromatic N) is 2. The lowest BCUT2D eigenvalue weighted by molar-refractivity contribution is -0.136. The molecule has 0 atom stereocenters. The third-order valence-corrected chi connectivity index (χ3v) is 4.47. The summed E-state index contributed by atoms with van der Waals surface area (Å²) in [6, 6.07) is 16.5. The molecule has 0 bridgehead atoms. The summed E-state index contributed by atoms with van der Waals surface area (Å²) in [5.74, 6) is -0.314. The first-order valence-electron chi connectivity index (χ1n) is 9.13. The molecule has 0 spiro atoms. The van der Waals surface area contributed by atoms with Crippen LogP contribution in [0.2, 0.25) is 0 Å². The summed E-state index contributed by atoms with van der Waals surface area (Å²) in [5.41, 5.74) is 3.91. The van der Waals surface area contributed by atoms with Gasteiger partial charge in [-0.3, -0.25) is 4.79 Å². The van der Waals surface area contributed by atoms with E-state index in [2.05, 4.69) is 5.10 Å². The first kappa shape index (κ1) is 20.1. The van der Waals surface area contributed by atoms with E-state index in [1.165, 1.54) is 13.2 Å². The van der Waals surface area contributed by atoms with Crippen LogP contribution in [0.3, 0.4) is 0 Å². The first-order chi connectivity index (χ1) is 14.0. The predicted octanol–water partition coefficient (Wildman–Crippen LogP) is 3.94. The van der Waals surface area contributed by atoms with E-state index >= 15 is 0 Å². The lowest BCUT2D eigenvalue weighted by Crippen LogP contribution is -2.12. The van der Waals surface area contributed by atoms with Crippen molar-refractivity contribution in [2.45, 2.75) is 13.8 Å². The van der Waals surface area contributed by atoms with Gasteiger partial charge in [0.15, 0.2) is 12.4 Å². The third-order valence-electron chi connectivity index (χ3n) is 4.47. The van der Waals surface area contributed by atoms with E-state index in [9.17, 15) is 9.59 Å². The van der Waals surface area contributed by atoms with Crippen molar-refractivity contribution in [2.75, 3.05) is 13.7 Å². The smallest absolute Gasteiger partial charge is 0.331 e. The molecule has 0 saturated carbocycles. The highest BCUT2D eigenvalue weighted by Crippen LogP contribution is 2.19. The van der Waals surface area contributed by atoms with Crippen LogP contribution in [-0.2, 0) is 9.53 Å². The Hall–Kier alpha value is -3.67. The number of rotatable bonds is 7. The van der Waals surface area contributed by atoms with Crippen LogP contribution < -0.4 is 4.74 Å². The molecule has 148 valence electrons. The standard InChI is InChI=1S/C23H22N2O4/c1-16-21(17(2)25(24-16)19-9-5-4-6-10-19)12-13-23(27)29-15-22(26)18-8-7-11-20(14-18)28-3/h4-14H,15H2,1-3H3/b13-12+. The van der Waals surface area contributed by atoms with Gasteiger partial charge in [-0.1, -0.05) is 30.3 Å². The summed E-state index contributed by atoms with van der Waals surface area (Å²) in [4.78, 5) is 24.3. The van der Waals surface area contributed by atoms with Gasteiger partial charge in [-0.05, 0) is 44.2 Å². The number of methoxy groups -OCH3 is 1. The maximum atomic E-state index is 12.2. The highest BCUT2D eigenvalue weighted by atomic mass is 16.5. The molecule has 6 heteroatoms. The van der Waals surface area contributed by atoms with Crippen molar-refractivity contribution in [1.29, 1.82) is 0 Å². The van der Waals surface area contributed by atoms with E-state index in [4.69, 9.17) is 9.47 Å². The van der Waals surface area contributed by atoms with Crippen LogP contribution in [0, 0.1) is 13.8 Å². The van der Waals surface area contributed by atoms with Gasteiger partial charge in [-0.2, -0.15) is 5.10 Å². The zero-order valence-corrected chi connectivity index (χ0v) is 16.6. The van der Waals surface area contributed by atoms with Gasteiger partial charge in [0.05, 0.1) is 18.5 Å². The number of ether oxygens (including phenoxy) is 2. The molecular formula is C23H22N2O4. The molecule has 0 saturated heterocycles. The molecule has 0 aliphatic carbocycles. The van der Waals surface area contributed by atoms with E-state index in [0.717, 1.165) is 22.6 Å². The monoisotopic (exact) mass is 390 g/mol. The number of hydrogen-bond donors (Lipinski definition) is 0. The lowest BCUT2D eigenvalue weighted by Gasteiger charge is -2.04. The number of para-hydroxylation sites is 1. The Morgan fingerprint density at radius 1 is 1.07 bits per heavy atom. The van der Waals surface area contributed by atoms with Crippen LogP contribution in [0.4, 0.5) is 0 Å². The van der Waals surface area contributed by atoms with Gasteiger partial charge in [0, 0.05) is 22.9 Å². The molecule has 0 N–H and O–H groups in total. The second-order valence-electron chi connectivity index (χ2n) is 6.43. The van der Waals surface area contributed by atoms with Gasteiger partial charge in [0.25, 0.3) is 0 Å². The van der Waals surface area contributed by atoms with Gasteiger partial charge in [-0.25, -0.2) is 9.48 Å². The van der Waals surface area contributed by atoms with Crippen LogP contribution in [0.1, 0.15) is 27.3 Å². The van der Waals surface area contributed by atoms with E-state index in [1.807, 2.05) is 48.9 Å². The number of ketones is 1. The predicted molar refractivity (Wildman–Crippen MR) is 110 cm³/mol. The number of benzene rings is 2. The van der Waals surface area contributed by atoms with E-state index in [-0.39, 0.29) is 12.4 Å². The summed E-state index contributed by atoms with van der Waals surface area (Å²) in [5, 5.41) is 4.54. The van der Waals surface area contributed by atoms with Crippen LogP contribution in [0.15, 0.2) is 60.7 Å². The fourth-order valence-electron chi connectivity index (χ4n) is 2.93. The second-order valence-corrected chi connectivity index (χ2v) is 6.43. The summed E-state index contributed by atoms with van der Waals surface area (Å²) in [6.45, 7) is 3.48. The maximum absolute atomic E-state index is 12.2. The van der Waals surface area contributed by atoms with Crippen LogP contribution in [0.5, 0.6) is 5.75 Å². The number of Topliss-reactive ketones (excluding diaryl/α,β-unsaturated/α-hetero) is 1. The Morgan fingerprint density at radius 3 is 2.55 bits per heavy atom. The van der Waals surface area contributed by atoms with Crippen LogP contribution in [-0.4, -0.2) is 35.2 Å². The zero-order valence-electron chi connectivity index (χ0n) is 16.6. The van der Waals surface area contributed by atoms with Crippen molar-refractivity contribution in [1.82, 2.24) is 9.78 Å². The van der Waals surface area contributed by atoms with E-state index in [0.29, 0.717) is 11.3 Å². The zero-order chi connectivity index (χ0) is 20.8. The minimum Gasteiger partial charge on any atom is -0.497 e. The molecule has 3 aromatic rings. The molecule has 0 unspecified atom stereocenters. The third kappa shape index (κ3) is 4.79. The Bertz CT molecular complexity index is 1050. The highest BCUT2D eigenvalue weighted by molar-refractivity contribution is 5.99. The topological polar surface area (TPSA) is 70.4 Å². The fourth-order valence-corrected chi connectivity index (χ4v) is 2.93. The Kier molecular flexibility index (Phi) is 6.24. The van der Waals surface area contributed by atoms with Crippen molar-refractivity contribution in [3.63, 3.8) is 0 Å². The number of carbonyl (C=O) groups is 2. The van der Waals surface area contributed by atoms with Gasteiger partial charge >= 0.3 is 5.97 Å². The molecule has 0 amide bonds. The van der Waals surface area contributed by atoms with Crippen molar-refractivity contribution in [2.24, 2.45) is 0 Å². The first-order valence-corrected chi connectivity index (χ1v) is 9.13. The Labute approximate surface area is 169 Å². The molecule has 1 heterocycles.